The van der Waals surface area contributed by atoms with E-state index in [-0.39, 0.29) is 0 Å². The average Bonchev–Trinajstić information content (AvgIpc) is 2.79. The lowest BCUT2D eigenvalue weighted by Crippen LogP contribution is -2.25. The molecule has 2 amide bonds. The van der Waals surface area contributed by atoms with Gasteiger partial charge in [-0.25, -0.2) is 14.9 Å². The number of halogens is 1. The number of carbonyl (C=O) groups excluding carboxylic acids is 1. The molecular formula is C12H13ClN6O. The zero-order valence-corrected chi connectivity index (χ0v) is 11.7. The Balaban J connectivity index is 2.34. The minimum absolute atomic E-state index is 0.515. The van der Waals surface area contributed by atoms with E-state index in [4.69, 9.17) is 17.3 Å². The number of hydrogen-bond donors (Lipinski definition) is 2. The van der Waals surface area contributed by atoms with E-state index in [1.807, 2.05) is 19.1 Å². The molecule has 1 aromatic heterocycles. The highest BCUT2D eigenvalue weighted by atomic mass is 35.5. The van der Waals surface area contributed by atoms with Gasteiger partial charge in [0.15, 0.2) is 0 Å². The van der Waals surface area contributed by atoms with Crippen LogP contribution in [0.15, 0.2) is 29.4 Å². The van der Waals surface area contributed by atoms with Crippen LogP contribution in [0.5, 0.6) is 0 Å². The number of benzene rings is 1. The van der Waals surface area contributed by atoms with Crippen LogP contribution in [-0.4, -0.2) is 26.7 Å². The minimum atomic E-state index is -0.730. The van der Waals surface area contributed by atoms with E-state index in [0.29, 0.717) is 16.4 Å². The van der Waals surface area contributed by atoms with E-state index in [9.17, 15) is 4.79 Å². The largest absolute Gasteiger partial charge is 0.350 e. The van der Waals surface area contributed by atoms with Gasteiger partial charge in [0.05, 0.1) is 17.1 Å². The highest BCUT2D eigenvalue weighted by Crippen LogP contribution is 2.15. The van der Waals surface area contributed by atoms with Crippen LogP contribution in [0.2, 0.25) is 5.02 Å². The van der Waals surface area contributed by atoms with Crippen molar-refractivity contribution in [2.45, 2.75) is 13.8 Å². The number of hydrazone groups is 1. The van der Waals surface area contributed by atoms with Crippen LogP contribution in [-0.2, 0) is 0 Å². The summed E-state index contributed by atoms with van der Waals surface area (Å²) < 4.78 is 1.66. The number of carbonyl (C=O) groups is 1. The second-order valence-electron chi connectivity index (χ2n) is 4.08. The molecule has 2 rings (SSSR count). The summed E-state index contributed by atoms with van der Waals surface area (Å²) in [5.41, 5.74) is 9.84. The summed E-state index contributed by atoms with van der Waals surface area (Å²) in [5.74, 6) is 0. The van der Waals surface area contributed by atoms with Crippen molar-refractivity contribution in [1.82, 2.24) is 20.4 Å². The van der Waals surface area contributed by atoms with Gasteiger partial charge in [-0.1, -0.05) is 16.8 Å². The Bertz CT molecular complexity index is 661. The zero-order valence-electron chi connectivity index (χ0n) is 11.0. The van der Waals surface area contributed by atoms with Crippen molar-refractivity contribution in [2.24, 2.45) is 10.8 Å². The van der Waals surface area contributed by atoms with Crippen molar-refractivity contribution >= 4 is 23.3 Å². The molecule has 0 saturated carbocycles. The van der Waals surface area contributed by atoms with E-state index in [0.717, 1.165) is 11.4 Å². The molecule has 104 valence electrons. The molecule has 2 aromatic rings. The Labute approximate surface area is 120 Å². The van der Waals surface area contributed by atoms with Crippen LogP contribution >= 0.6 is 11.6 Å². The van der Waals surface area contributed by atoms with E-state index in [1.165, 1.54) is 0 Å². The average molecular weight is 293 g/mol. The third-order valence-electron chi connectivity index (χ3n) is 2.64. The van der Waals surface area contributed by atoms with E-state index >= 15 is 0 Å². The monoisotopic (exact) mass is 292 g/mol. The van der Waals surface area contributed by atoms with E-state index < -0.39 is 6.03 Å². The maximum atomic E-state index is 10.6. The fraction of sp³-hybridized carbons (Fsp3) is 0.167. The lowest BCUT2D eigenvalue weighted by Gasteiger charge is -2.03. The Morgan fingerprint density at radius 3 is 2.65 bits per heavy atom. The van der Waals surface area contributed by atoms with Gasteiger partial charge >= 0.3 is 6.03 Å². The number of nitrogens with two attached hydrogens (primary N) is 1. The third-order valence-corrected chi connectivity index (χ3v) is 2.89. The van der Waals surface area contributed by atoms with Gasteiger partial charge in [-0.3, -0.25) is 0 Å². The van der Waals surface area contributed by atoms with Gasteiger partial charge in [0.1, 0.15) is 5.69 Å². The lowest BCUT2D eigenvalue weighted by atomic mass is 10.2. The first-order chi connectivity index (χ1) is 9.49. The van der Waals surface area contributed by atoms with Crippen molar-refractivity contribution in [3.05, 3.63) is 40.7 Å². The highest BCUT2D eigenvalue weighted by molar-refractivity contribution is 6.30. The summed E-state index contributed by atoms with van der Waals surface area (Å²) in [7, 11) is 0. The van der Waals surface area contributed by atoms with Crippen LogP contribution < -0.4 is 11.2 Å². The van der Waals surface area contributed by atoms with E-state index in [2.05, 4.69) is 20.8 Å². The molecule has 0 aliphatic rings. The maximum Gasteiger partial charge on any atom is 0.332 e. The number of primary amides is 1. The number of nitrogens with zero attached hydrogens (tertiary/aromatic N) is 4. The summed E-state index contributed by atoms with van der Waals surface area (Å²) >= 11 is 5.85. The molecule has 0 unspecified atom stereocenters. The summed E-state index contributed by atoms with van der Waals surface area (Å²) in [6, 6.07) is 6.48. The maximum absolute atomic E-state index is 10.6. The number of aromatic nitrogens is 3. The smallest absolute Gasteiger partial charge is 0.332 e. The molecule has 1 heterocycles. The molecular weight excluding hydrogens is 280 g/mol. The van der Waals surface area contributed by atoms with Crippen molar-refractivity contribution in [2.75, 3.05) is 0 Å². The van der Waals surface area contributed by atoms with Gasteiger partial charge in [0.2, 0.25) is 0 Å². The zero-order chi connectivity index (χ0) is 14.7. The molecule has 0 fully saturated rings. The topological polar surface area (TPSA) is 98.2 Å². The molecule has 3 N–H and O–H groups in total. The SMILES string of the molecule is C/C(=N\NC(N)=O)c1nnn(-c2ccc(Cl)cc2)c1C. The van der Waals surface area contributed by atoms with Crippen LogP contribution in [0, 0.1) is 6.92 Å². The first-order valence-electron chi connectivity index (χ1n) is 5.77. The molecule has 0 aliphatic carbocycles. The molecule has 0 aliphatic heterocycles. The standard InChI is InChI=1S/C12H13ClN6O/c1-7(15-17-12(14)20)11-8(2)19(18-16-11)10-5-3-9(13)4-6-10/h3-6H,1-2H3,(H3,14,17,20)/b15-7+. The number of amides is 2. The van der Waals surface area contributed by atoms with Crippen molar-refractivity contribution in [3.63, 3.8) is 0 Å². The normalized spacial score (nSPS) is 11.4. The molecule has 0 bridgehead atoms. The van der Waals surface area contributed by atoms with Gasteiger partial charge in [0.25, 0.3) is 0 Å². The highest BCUT2D eigenvalue weighted by Gasteiger charge is 2.12. The van der Waals surface area contributed by atoms with Crippen LogP contribution in [0.25, 0.3) is 5.69 Å². The number of rotatable bonds is 3. The van der Waals surface area contributed by atoms with Gasteiger partial charge in [-0.15, -0.1) is 5.10 Å². The predicted octanol–water partition coefficient (Wildman–Crippen LogP) is 1.62. The Hall–Kier alpha value is -2.41. The Morgan fingerprint density at radius 1 is 1.40 bits per heavy atom. The van der Waals surface area contributed by atoms with Gasteiger partial charge in [-0.2, -0.15) is 5.10 Å². The minimum Gasteiger partial charge on any atom is -0.350 e. The van der Waals surface area contributed by atoms with Crippen molar-refractivity contribution in [1.29, 1.82) is 0 Å². The lowest BCUT2D eigenvalue weighted by molar-refractivity contribution is 0.249. The molecule has 0 spiro atoms. The Kier molecular flexibility index (Phi) is 3.99. The second kappa shape index (κ2) is 5.70. The molecule has 20 heavy (non-hydrogen) atoms. The molecule has 1 aromatic carbocycles. The van der Waals surface area contributed by atoms with Gasteiger partial charge < -0.3 is 5.73 Å². The first kappa shape index (κ1) is 14.0. The summed E-state index contributed by atoms with van der Waals surface area (Å²) in [6.45, 7) is 3.56. The summed E-state index contributed by atoms with van der Waals surface area (Å²) in [5, 5.41) is 12.6. The summed E-state index contributed by atoms with van der Waals surface area (Å²) in [6.07, 6.45) is 0. The molecule has 7 nitrogen and oxygen atoms in total. The van der Waals surface area contributed by atoms with Crippen LogP contribution in [0.1, 0.15) is 18.3 Å². The number of urea groups is 1. The molecule has 0 radical (unpaired) electrons. The molecule has 0 saturated heterocycles. The second-order valence-corrected chi connectivity index (χ2v) is 4.52. The predicted molar refractivity (Wildman–Crippen MR) is 76.0 cm³/mol. The van der Waals surface area contributed by atoms with E-state index in [1.54, 1.807) is 23.7 Å². The van der Waals surface area contributed by atoms with Crippen LogP contribution in [0.3, 0.4) is 0 Å². The number of hydrogen-bond acceptors (Lipinski definition) is 4. The third kappa shape index (κ3) is 2.94. The number of nitrogens with one attached hydrogen (secondary N) is 1. The summed E-state index contributed by atoms with van der Waals surface area (Å²) in [4.78, 5) is 10.6. The van der Waals surface area contributed by atoms with Gasteiger partial charge in [0, 0.05) is 5.02 Å². The fourth-order valence-corrected chi connectivity index (χ4v) is 1.81. The van der Waals surface area contributed by atoms with Crippen molar-refractivity contribution in [3.8, 4) is 5.69 Å². The van der Waals surface area contributed by atoms with Gasteiger partial charge in [-0.05, 0) is 38.1 Å². The first-order valence-corrected chi connectivity index (χ1v) is 6.15. The van der Waals surface area contributed by atoms with Crippen molar-refractivity contribution < 1.29 is 4.79 Å². The molecule has 0 atom stereocenters. The Morgan fingerprint density at radius 2 is 2.05 bits per heavy atom. The van der Waals surface area contributed by atoms with Crippen LogP contribution in [0.4, 0.5) is 4.79 Å². The molecule has 8 heteroatoms. The fourth-order valence-electron chi connectivity index (χ4n) is 1.68. The quantitative estimate of drug-likeness (QED) is 0.664.